The largest absolute Gasteiger partial charge is 0.288 e. The second kappa shape index (κ2) is 5.59. The lowest BCUT2D eigenvalue weighted by molar-refractivity contribution is 0.215. The van der Waals surface area contributed by atoms with E-state index in [0.29, 0.717) is 10.7 Å². The molecule has 2 heterocycles. The molecule has 23 heavy (non-hydrogen) atoms. The first-order chi connectivity index (χ1) is 11.1. The third-order valence-electron chi connectivity index (χ3n) is 4.64. The maximum absolute atomic E-state index is 13.8. The summed E-state index contributed by atoms with van der Waals surface area (Å²) in [6.07, 6.45) is 0. The van der Waals surface area contributed by atoms with E-state index in [9.17, 15) is 4.39 Å². The molecule has 0 fully saturated rings. The van der Waals surface area contributed by atoms with Crippen molar-refractivity contribution in [2.24, 2.45) is 0 Å². The summed E-state index contributed by atoms with van der Waals surface area (Å²) in [5.41, 5.74) is 3.99. The molecule has 1 aliphatic heterocycles. The highest BCUT2D eigenvalue weighted by Gasteiger charge is 2.25. The van der Waals surface area contributed by atoms with E-state index in [1.165, 1.54) is 17.2 Å². The van der Waals surface area contributed by atoms with Crippen LogP contribution in [-0.2, 0) is 13.1 Å². The first-order valence-electron chi connectivity index (χ1n) is 7.69. The molecule has 4 rings (SSSR count). The van der Waals surface area contributed by atoms with Crippen LogP contribution in [0.2, 0.25) is 5.15 Å². The lowest BCUT2D eigenvalue weighted by Gasteiger charge is -2.25. The maximum atomic E-state index is 13.8. The van der Waals surface area contributed by atoms with E-state index >= 15 is 0 Å². The van der Waals surface area contributed by atoms with Gasteiger partial charge in [-0.25, -0.2) is 9.37 Å². The van der Waals surface area contributed by atoms with E-state index in [2.05, 4.69) is 41.1 Å². The molecule has 1 aromatic heterocycles. The minimum absolute atomic E-state index is 0.120. The Balaban J connectivity index is 1.71. The van der Waals surface area contributed by atoms with Gasteiger partial charge in [-0.3, -0.25) is 4.90 Å². The van der Waals surface area contributed by atoms with E-state index in [4.69, 9.17) is 11.6 Å². The summed E-state index contributed by atoms with van der Waals surface area (Å²) in [7, 11) is 0. The fourth-order valence-corrected chi connectivity index (χ4v) is 3.58. The lowest BCUT2D eigenvalue weighted by Crippen LogP contribution is -2.21. The number of pyridine rings is 1. The highest BCUT2D eigenvalue weighted by atomic mass is 35.5. The van der Waals surface area contributed by atoms with Crippen molar-refractivity contribution in [3.8, 4) is 0 Å². The van der Waals surface area contributed by atoms with E-state index in [0.717, 1.165) is 24.0 Å². The summed E-state index contributed by atoms with van der Waals surface area (Å²) in [6.45, 7) is 3.92. The summed E-state index contributed by atoms with van der Waals surface area (Å²) in [5, 5.41) is 1.17. The van der Waals surface area contributed by atoms with Gasteiger partial charge in [0.1, 0.15) is 16.5 Å². The third kappa shape index (κ3) is 2.50. The maximum Gasteiger partial charge on any atom is 0.149 e. The second-order valence-electron chi connectivity index (χ2n) is 6.03. The van der Waals surface area contributed by atoms with Crippen LogP contribution in [0.1, 0.15) is 29.7 Å². The summed E-state index contributed by atoms with van der Waals surface area (Å²) in [5.74, 6) is -0.336. The number of nitrogens with zero attached hydrogens (tertiary/aromatic N) is 2. The van der Waals surface area contributed by atoms with Gasteiger partial charge < -0.3 is 0 Å². The van der Waals surface area contributed by atoms with Crippen LogP contribution in [0, 0.1) is 5.82 Å². The van der Waals surface area contributed by atoms with E-state index in [-0.39, 0.29) is 11.9 Å². The summed E-state index contributed by atoms with van der Waals surface area (Å²) >= 11 is 6.36. The Morgan fingerprint density at radius 3 is 2.48 bits per heavy atom. The van der Waals surface area contributed by atoms with Gasteiger partial charge in [0.05, 0.1) is 0 Å². The number of fused-ring (bicyclic) bond motifs is 2. The minimum atomic E-state index is -0.336. The molecule has 1 aliphatic rings. The molecule has 2 aromatic carbocycles. The fraction of sp³-hybridized carbons (Fsp3) is 0.211. The molecule has 1 atom stereocenters. The van der Waals surface area contributed by atoms with Crippen molar-refractivity contribution in [2.45, 2.75) is 26.1 Å². The molecule has 116 valence electrons. The zero-order chi connectivity index (χ0) is 16.0. The van der Waals surface area contributed by atoms with Crippen molar-refractivity contribution in [1.29, 1.82) is 0 Å². The fourth-order valence-electron chi connectivity index (χ4n) is 3.28. The molecule has 0 radical (unpaired) electrons. The van der Waals surface area contributed by atoms with Crippen LogP contribution in [0.3, 0.4) is 0 Å². The molecular formula is C19H16ClFN2. The Labute approximate surface area is 139 Å². The van der Waals surface area contributed by atoms with Gasteiger partial charge in [-0.15, -0.1) is 0 Å². The monoisotopic (exact) mass is 326 g/mol. The molecular weight excluding hydrogens is 311 g/mol. The lowest BCUT2D eigenvalue weighted by atomic mass is 10.1. The molecule has 0 N–H and O–H groups in total. The van der Waals surface area contributed by atoms with Crippen LogP contribution in [0.4, 0.5) is 4.39 Å². The number of rotatable bonds is 2. The van der Waals surface area contributed by atoms with Gasteiger partial charge >= 0.3 is 0 Å². The van der Waals surface area contributed by atoms with Crippen LogP contribution in [0.5, 0.6) is 0 Å². The minimum Gasteiger partial charge on any atom is -0.288 e. The van der Waals surface area contributed by atoms with Crippen molar-refractivity contribution < 1.29 is 4.39 Å². The van der Waals surface area contributed by atoms with Gasteiger partial charge in [-0.05, 0) is 30.2 Å². The molecule has 0 saturated carbocycles. The summed E-state index contributed by atoms with van der Waals surface area (Å²) in [6, 6.07) is 15.5. The molecule has 0 aliphatic carbocycles. The normalized spacial score (nSPS) is 15.8. The first kappa shape index (κ1) is 14.6. The predicted octanol–water partition coefficient (Wildman–Crippen LogP) is 5.10. The quantitative estimate of drug-likeness (QED) is 0.609. The SMILES string of the molecule is C[C@@H](c1cc2cccc(F)c2nc1Cl)N1Cc2ccccc2C1. The predicted molar refractivity (Wildman–Crippen MR) is 90.8 cm³/mol. The molecule has 0 bridgehead atoms. The highest BCUT2D eigenvalue weighted by Crippen LogP contribution is 2.35. The molecule has 3 aromatic rings. The van der Waals surface area contributed by atoms with Gasteiger partial charge in [0, 0.05) is 30.1 Å². The third-order valence-corrected chi connectivity index (χ3v) is 4.94. The number of hydrogen-bond acceptors (Lipinski definition) is 2. The average molecular weight is 327 g/mol. The Hall–Kier alpha value is -1.97. The Bertz CT molecular complexity index is 869. The van der Waals surface area contributed by atoms with Gasteiger partial charge in [0.15, 0.2) is 0 Å². The zero-order valence-corrected chi connectivity index (χ0v) is 13.5. The molecule has 0 spiro atoms. The van der Waals surface area contributed by atoms with Crippen molar-refractivity contribution in [2.75, 3.05) is 0 Å². The van der Waals surface area contributed by atoms with Gasteiger partial charge in [-0.1, -0.05) is 48.0 Å². The zero-order valence-electron chi connectivity index (χ0n) is 12.8. The van der Waals surface area contributed by atoms with E-state index in [1.54, 1.807) is 6.07 Å². The highest BCUT2D eigenvalue weighted by molar-refractivity contribution is 6.30. The van der Waals surface area contributed by atoms with E-state index in [1.807, 2.05) is 12.1 Å². The molecule has 4 heteroatoms. The standard InChI is InChI=1S/C19H16ClFN2/c1-12(23-10-14-5-2-3-6-15(14)11-23)16-9-13-7-4-8-17(21)18(13)22-19(16)20/h2-9,12H,10-11H2,1H3/t12-/m0/s1. The van der Waals surface area contributed by atoms with Gasteiger partial charge in [0.25, 0.3) is 0 Å². The van der Waals surface area contributed by atoms with Crippen molar-refractivity contribution >= 4 is 22.5 Å². The van der Waals surface area contributed by atoms with E-state index < -0.39 is 0 Å². The smallest absolute Gasteiger partial charge is 0.149 e. The van der Waals surface area contributed by atoms with Crippen LogP contribution in [0.25, 0.3) is 10.9 Å². The summed E-state index contributed by atoms with van der Waals surface area (Å²) < 4.78 is 13.8. The van der Waals surface area contributed by atoms with Crippen LogP contribution < -0.4 is 0 Å². The molecule has 2 nitrogen and oxygen atoms in total. The van der Waals surface area contributed by atoms with Crippen molar-refractivity contribution in [1.82, 2.24) is 9.88 Å². The number of benzene rings is 2. The van der Waals surface area contributed by atoms with Gasteiger partial charge in [-0.2, -0.15) is 0 Å². The van der Waals surface area contributed by atoms with Crippen LogP contribution >= 0.6 is 11.6 Å². The number of halogens is 2. The van der Waals surface area contributed by atoms with Crippen LogP contribution in [0.15, 0.2) is 48.5 Å². The Morgan fingerprint density at radius 1 is 1.09 bits per heavy atom. The van der Waals surface area contributed by atoms with Crippen LogP contribution in [-0.4, -0.2) is 9.88 Å². The topological polar surface area (TPSA) is 16.1 Å². The Kier molecular flexibility index (Phi) is 3.55. The average Bonchev–Trinajstić information content (AvgIpc) is 2.99. The van der Waals surface area contributed by atoms with Gasteiger partial charge in [0.2, 0.25) is 0 Å². The number of aromatic nitrogens is 1. The summed E-state index contributed by atoms with van der Waals surface area (Å²) in [4.78, 5) is 6.64. The second-order valence-corrected chi connectivity index (χ2v) is 6.39. The first-order valence-corrected chi connectivity index (χ1v) is 8.07. The molecule has 0 amide bonds. The molecule has 0 unspecified atom stereocenters. The van der Waals surface area contributed by atoms with Crippen molar-refractivity contribution in [3.05, 3.63) is 76.2 Å². The van der Waals surface area contributed by atoms with Crippen molar-refractivity contribution in [3.63, 3.8) is 0 Å². The number of para-hydroxylation sites is 1. The number of hydrogen-bond donors (Lipinski definition) is 0. The molecule has 0 saturated heterocycles. The Morgan fingerprint density at radius 2 is 1.78 bits per heavy atom.